The van der Waals surface area contributed by atoms with Gasteiger partial charge in [0.25, 0.3) is 0 Å². The van der Waals surface area contributed by atoms with Gasteiger partial charge in [-0.2, -0.15) is 0 Å². The Kier molecular flexibility index (Phi) is 9.64. The van der Waals surface area contributed by atoms with E-state index in [1.54, 1.807) is 31.2 Å². The van der Waals surface area contributed by atoms with Crippen molar-refractivity contribution in [2.75, 3.05) is 20.3 Å². The molecular weight excluding hydrogens is 500 g/mol. The number of methoxy groups -OCH3 is 1. The fourth-order valence-corrected chi connectivity index (χ4v) is 4.29. The summed E-state index contributed by atoms with van der Waals surface area (Å²) in [6.07, 6.45) is 0. The van der Waals surface area contributed by atoms with Crippen molar-refractivity contribution in [1.82, 2.24) is 4.90 Å². The molecule has 0 fully saturated rings. The topological polar surface area (TPSA) is 48.0 Å². The van der Waals surface area contributed by atoms with Crippen molar-refractivity contribution in [3.05, 3.63) is 119 Å². The molecule has 39 heavy (non-hydrogen) atoms. The van der Waals surface area contributed by atoms with Gasteiger partial charge >= 0.3 is 5.97 Å². The number of halogens is 2. The van der Waals surface area contributed by atoms with Crippen molar-refractivity contribution in [3.63, 3.8) is 0 Å². The summed E-state index contributed by atoms with van der Waals surface area (Å²) < 4.78 is 43.7. The molecule has 5 nitrogen and oxygen atoms in total. The quantitative estimate of drug-likeness (QED) is 0.189. The fourth-order valence-electron chi connectivity index (χ4n) is 4.29. The van der Waals surface area contributed by atoms with Crippen molar-refractivity contribution >= 4 is 5.97 Å². The smallest absolute Gasteiger partial charge is 0.320 e. The lowest BCUT2D eigenvalue weighted by Gasteiger charge is -2.22. The second kappa shape index (κ2) is 13.5. The first-order valence-electron chi connectivity index (χ1n) is 12.7. The maximum absolute atomic E-state index is 13.8. The molecule has 4 aromatic carbocycles. The standard InChI is InChI=1S/C32H31F2NO4/c1-3-38-32(36)21-35(19-23-8-5-4-6-9-23)20-24-10-7-11-25(16-24)22-39-27-14-12-26(13-15-27)28-17-29(33)30(34)18-31(28)37-2/h4-18H,3,19-22H2,1-2H3. The van der Waals surface area contributed by atoms with Gasteiger partial charge in [0.05, 0.1) is 20.3 Å². The summed E-state index contributed by atoms with van der Waals surface area (Å²) in [4.78, 5) is 14.3. The van der Waals surface area contributed by atoms with Crippen LogP contribution in [0.1, 0.15) is 23.6 Å². The maximum atomic E-state index is 13.8. The Labute approximate surface area is 227 Å². The van der Waals surface area contributed by atoms with Crippen LogP contribution in [0.15, 0.2) is 91.0 Å². The lowest BCUT2D eigenvalue weighted by Crippen LogP contribution is -2.30. The first-order chi connectivity index (χ1) is 18.9. The van der Waals surface area contributed by atoms with Crippen LogP contribution < -0.4 is 9.47 Å². The molecule has 0 radical (unpaired) electrons. The monoisotopic (exact) mass is 531 g/mol. The van der Waals surface area contributed by atoms with Gasteiger partial charge in [0.1, 0.15) is 18.1 Å². The van der Waals surface area contributed by atoms with Crippen LogP contribution in [0.4, 0.5) is 8.78 Å². The average Bonchev–Trinajstić information content (AvgIpc) is 2.94. The Morgan fingerprint density at radius 2 is 1.46 bits per heavy atom. The first-order valence-corrected chi connectivity index (χ1v) is 12.7. The Hall–Kier alpha value is -4.23. The van der Waals surface area contributed by atoms with E-state index >= 15 is 0 Å². The summed E-state index contributed by atoms with van der Waals surface area (Å²) in [5.41, 5.74) is 4.29. The molecule has 4 aromatic rings. The summed E-state index contributed by atoms with van der Waals surface area (Å²) in [7, 11) is 1.42. The van der Waals surface area contributed by atoms with E-state index in [1.807, 2.05) is 48.5 Å². The third-order valence-corrected chi connectivity index (χ3v) is 6.12. The van der Waals surface area contributed by atoms with Crippen LogP contribution in [-0.2, 0) is 29.2 Å². The van der Waals surface area contributed by atoms with Crippen molar-refractivity contribution in [1.29, 1.82) is 0 Å². The maximum Gasteiger partial charge on any atom is 0.320 e. The summed E-state index contributed by atoms with van der Waals surface area (Å²) in [6.45, 7) is 3.88. The average molecular weight is 532 g/mol. The molecule has 0 aliphatic carbocycles. The van der Waals surface area contributed by atoms with Gasteiger partial charge in [0.2, 0.25) is 0 Å². The molecule has 0 spiro atoms. The van der Waals surface area contributed by atoms with Crippen LogP contribution in [0.3, 0.4) is 0 Å². The molecule has 0 atom stereocenters. The molecule has 0 bridgehead atoms. The van der Waals surface area contributed by atoms with E-state index < -0.39 is 11.6 Å². The number of carbonyl (C=O) groups excluding carboxylic acids is 1. The number of carbonyl (C=O) groups is 1. The number of hydrogen-bond acceptors (Lipinski definition) is 5. The van der Waals surface area contributed by atoms with E-state index in [0.29, 0.717) is 43.2 Å². The van der Waals surface area contributed by atoms with E-state index in [-0.39, 0.29) is 18.3 Å². The lowest BCUT2D eigenvalue weighted by molar-refractivity contribution is -0.144. The lowest BCUT2D eigenvalue weighted by atomic mass is 10.0. The normalized spacial score (nSPS) is 10.9. The Morgan fingerprint density at radius 1 is 0.795 bits per heavy atom. The van der Waals surface area contributed by atoms with E-state index in [2.05, 4.69) is 11.0 Å². The number of ether oxygens (including phenoxy) is 3. The van der Waals surface area contributed by atoms with E-state index in [4.69, 9.17) is 14.2 Å². The highest BCUT2D eigenvalue weighted by molar-refractivity contribution is 5.72. The Balaban J connectivity index is 1.41. The number of esters is 1. The predicted molar refractivity (Wildman–Crippen MR) is 146 cm³/mol. The minimum atomic E-state index is -0.957. The SMILES string of the molecule is CCOC(=O)CN(Cc1ccccc1)Cc1cccc(COc2ccc(-c3cc(F)c(F)cc3OC)cc2)c1. The van der Waals surface area contributed by atoms with Crippen molar-refractivity contribution in [2.45, 2.75) is 26.6 Å². The van der Waals surface area contributed by atoms with Gasteiger partial charge in [-0.25, -0.2) is 8.78 Å². The van der Waals surface area contributed by atoms with Crippen molar-refractivity contribution in [2.24, 2.45) is 0 Å². The predicted octanol–water partition coefficient (Wildman–Crippen LogP) is 6.78. The number of benzene rings is 4. The number of hydrogen-bond donors (Lipinski definition) is 0. The van der Waals surface area contributed by atoms with E-state index in [1.165, 1.54) is 7.11 Å². The summed E-state index contributed by atoms with van der Waals surface area (Å²) in [5.74, 6) is -1.25. The summed E-state index contributed by atoms with van der Waals surface area (Å²) in [5, 5.41) is 0. The van der Waals surface area contributed by atoms with Gasteiger partial charge in [0, 0.05) is 24.7 Å². The molecule has 0 amide bonds. The van der Waals surface area contributed by atoms with Gasteiger partial charge < -0.3 is 14.2 Å². The first kappa shape index (κ1) is 27.8. The van der Waals surface area contributed by atoms with Crippen molar-refractivity contribution < 1.29 is 27.8 Å². The molecule has 4 rings (SSSR count). The fraction of sp³-hybridized carbons (Fsp3) is 0.219. The molecule has 7 heteroatoms. The molecule has 0 saturated carbocycles. The van der Waals surface area contributed by atoms with Gasteiger partial charge in [-0.1, -0.05) is 66.7 Å². The van der Waals surface area contributed by atoms with Crippen LogP contribution in [-0.4, -0.2) is 31.1 Å². The molecular formula is C32H31F2NO4. The molecule has 0 aliphatic heterocycles. The third kappa shape index (κ3) is 7.88. The Morgan fingerprint density at radius 3 is 2.18 bits per heavy atom. The zero-order valence-corrected chi connectivity index (χ0v) is 22.0. The van der Waals surface area contributed by atoms with Crippen LogP contribution in [0, 0.1) is 11.6 Å². The highest BCUT2D eigenvalue weighted by Gasteiger charge is 2.14. The second-order valence-corrected chi connectivity index (χ2v) is 9.04. The van der Waals surface area contributed by atoms with E-state index in [0.717, 1.165) is 28.8 Å². The molecule has 0 heterocycles. The van der Waals surface area contributed by atoms with Gasteiger partial charge in [-0.05, 0) is 47.4 Å². The van der Waals surface area contributed by atoms with Crippen LogP contribution >= 0.6 is 0 Å². The molecule has 0 unspecified atom stereocenters. The highest BCUT2D eigenvalue weighted by atomic mass is 19.2. The molecule has 0 saturated heterocycles. The molecule has 202 valence electrons. The zero-order valence-electron chi connectivity index (χ0n) is 22.0. The summed E-state index contributed by atoms with van der Waals surface area (Å²) in [6, 6.07) is 27.3. The minimum absolute atomic E-state index is 0.193. The number of nitrogens with zero attached hydrogens (tertiary/aromatic N) is 1. The van der Waals surface area contributed by atoms with E-state index in [9.17, 15) is 13.6 Å². The second-order valence-electron chi connectivity index (χ2n) is 9.04. The van der Waals surface area contributed by atoms with Crippen LogP contribution in [0.2, 0.25) is 0 Å². The Bertz CT molecular complexity index is 1380. The third-order valence-electron chi connectivity index (χ3n) is 6.12. The van der Waals surface area contributed by atoms with Crippen LogP contribution in [0.5, 0.6) is 11.5 Å². The molecule has 0 aliphatic rings. The van der Waals surface area contributed by atoms with Gasteiger partial charge in [-0.15, -0.1) is 0 Å². The van der Waals surface area contributed by atoms with Crippen molar-refractivity contribution in [3.8, 4) is 22.6 Å². The van der Waals surface area contributed by atoms with Crippen LogP contribution in [0.25, 0.3) is 11.1 Å². The highest BCUT2D eigenvalue weighted by Crippen LogP contribution is 2.33. The zero-order chi connectivity index (χ0) is 27.6. The molecule has 0 N–H and O–H groups in total. The molecule has 0 aromatic heterocycles. The van der Waals surface area contributed by atoms with Gasteiger partial charge in [0.15, 0.2) is 11.6 Å². The number of rotatable bonds is 12. The largest absolute Gasteiger partial charge is 0.496 e. The van der Waals surface area contributed by atoms with Gasteiger partial charge in [-0.3, -0.25) is 9.69 Å². The minimum Gasteiger partial charge on any atom is -0.496 e. The summed E-state index contributed by atoms with van der Waals surface area (Å²) >= 11 is 0.